The van der Waals surface area contributed by atoms with E-state index in [1.165, 1.54) is 12.0 Å². The fourth-order valence-electron chi connectivity index (χ4n) is 2.51. The van der Waals surface area contributed by atoms with Crippen molar-refractivity contribution in [2.24, 2.45) is 0 Å². The molecule has 0 bridgehead atoms. The monoisotopic (exact) mass is 235 g/mol. The number of hydrogen-bond acceptors (Lipinski definition) is 3. The van der Waals surface area contributed by atoms with Gasteiger partial charge in [0.05, 0.1) is 11.3 Å². The Balaban J connectivity index is 1.93. The fourth-order valence-corrected chi connectivity index (χ4v) is 3.90. The Kier molecular flexibility index (Phi) is 2.82. The first-order valence-corrected chi connectivity index (χ1v) is 6.89. The third-order valence-corrected chi connectivity index (χ3v) is 4.81. The molecule has 3 atom stereocenters. The zero-order valence-electron chi connectivity index (χ0n) is 9.48. The molecule has 0 radical (unpaired) electrons. The van der Waals surface area contributed by atoms with E-state index in [0.29, 0.717) is 11.3 Å². The lowest BCUT2D eigenvalue weighted by Crippen LogP contribution is -2.36. The van der Waals surface area contributed by atoms with E-state index in [-0.39, 0.29) is 0 Å². The Hall–Kier alpha value is -0.670. The molecule has 0 spiro atoms. The summed E-state index contributed by atoms with van der Waals surface area (Å²) in [6, 6.07) is 8.89. The zero-order valence-corrected chi connectivity index (χ0v) is 10.3. The van der Waals surface area contributed by atoms with Crippen LogP contribution in [0.15, 0.2) is 24.3 Å². The molecule has 0 aliphatic carbocycles. The van der Waals surface area contributed by atoms with Gasteiger partial charge in [-0.2, -0.15) is 0 Å². The van der Waals surface area contributed by atoms with Gasteiger partial charge in [-0.05, 0) is 19.0 Å². The second kappa shape index (κ2) is 4.30. The van der Waals surface area contributed by atoms with Crippen molar-refractivity contribution in [1.29, 1.82) is 0 Å². The standard InChI is InChI=1S/C13H17NOS/c1-9-6-7-14-13-10-4-2-3-5-11(10)15-8-12(13)16-9/h2-5,9,12-14H,6-8H2,1H3. The predicted molar refractivity (Wildman–Crippen MR) is 68.1 cm³/mol. The van der Waals surface area contributed by atoms with Crippen LogP contribution < -0.4 is 10.1 Å². The quantitative estimate of drug-likeness (QED) is 0.747. The molecule has 2 aliphatic heterocycles. The molecule has 1 fully saturated rings. The first-order chi connectivity index (χ1) is 7.84. The molecule has 1 aromatic rings. The van der Waals surface area contributed by atoms with Gasteiger partial charge in [0.25, 0.3) is 0 Å². The van der Waals surface area contributed by atoms with Crippen LogP contribution in [0.3, 0.4) is 0 Å². The van der Waals surface area contributed by atoms with Crippen LogP contribution in [0.2, 0.25) is 0 Å². The third kappa shape index (κ3) is 1.82. The Morgan fingerprint density at radius 3 is 3.19 bits per heavy atom. The maximum absolute atomic E-state index is 5.84. The summed E-state index contributed by atoms with van der Waals surface area (Å²) in [6.45, 7) is 4.27. The highest BCUT2D eigenvalue weighted by Gasteiger charge is 2.33. The average molecular weight is 235 g/mol. The Morgan fingerprint density at radius 2 is 2.25 bits per heavy atom. The zero-order chi connectivity index (χ0) is 11.0. The van der Waals surface area contributed by atoms with Gasteiger partial charge in [-0.25, -0.2) is 0 Å². The molecule has 16 heavy (non-hydrogen) atoms. The van der Waals surface area contributed by atoms with Gasteiger partial charge in [0.15, 0.2) is 0 Å². The van der Waals surface area contributed by atoms with Crippen LogP contribution in [-0.2, 0) is 0 Å². The van der Waals surface area contributed by atoms with E-state index in [4.69, 9.17) is 4.74 Å². The highest BCUT2D eigenvalue weighted by molar-refractivity contribution is 8.00. The molecule has 3 heteroatoms. The maximum atomic E-state index is 5.84. The molecule has 0 amide bonds. The van der Waals surface area contributed by atoms with Crippen LogP contribution in [0.4, 0.5) is 0 Å². The molecular weight excluding hydrogens is 218 g/mol. The number of benzene rings is 1. The molecule has 3 rings (SSSR count). The van der Waals surface area contributed by atoms with Crippen LogP contribution in [-0.4, -0.2) is 23.7 Å². The number of rotatable bonds is 0. The summed E-state index contributed by atoms with van der Waals surface area (Å²) < 4.78 is 5.84. The minimum atomic E-state index is 0.472. The topological polar surface area (TPSA) is 21.3 Å². The predicted octanol–water partition coefficient (Wildman–Crippen LogP) is 2.60. The van der Waals surface area contributed by atoms with Crippen molar-refractivity contribution in [3.05, 3.63) is 29.8 Å². The highest BCUT2D eigenvalue weighted by Crippen LogP contribution is 2.40. The smallest absolute Gasteiger partial charge is 0.124 e. The van der Waals surface area contributed by atoms with E-state index >= 15 is 0 Å². The van der Waals surface area contributed by atoms with Gasteiger partial charge >= 0.3 is 0 Å². The summed E-state index contributed by atoms with van der Waals surface area (Å²) in [5, 5.41) is 4.96. The van der Waals surface area contributed by atoms with E-state index < -0.39 is 0 Å². The third-order valence-electron chi connectivity index (χ3n) is 3.35. The first kappa shape index (κ1) is 10.5. The summed E-state index contributed by atoms with van der Waals surface area (Å²) in [7, 11) is 0. The molecule has 1 aromatic carbocycles. The van der Waals surface area contributed by atoms with Crippen LogP contribution in [0, 0.1) is 0 Å². The Labute approximate surface area is 101 Å². The van der Waals surface area contributed by atoms with Crippen molar-refractivity contribution in [2.45, 2.75) is 29.9 Å². The minimum Gasteiger partial charge on any atom is -0.492 e. The minimum absolute atomic E-state index is 0.472. The van der Waals surface area contributed by atoms with Crippen molar-refractivity contribution in [3.8, 4) is 5.75 Å². The maximum Gasteiger partial charge on any atom is 0.124 e. The number of hydrogen-bond donors (Lipinski definition) is 1. The van der Waals surface area contributed by atoms with Crippen LogP contribution >= 0.6 is 11.8 Å². The van der Waals surface area contributed by atoms with E-state index in [2.05, 4.69) is 42.2 Å². The van der Waals surface area contributed by atoms with Gasteiger partial charge in [0.1, 0.15) is 12.4 Å². The van der Waals surface area contributed by atoms with Crippen molar-refractivity contribution >= 4 is 11.8 Å². The van der Waals surface area contributed by atoms with Crippen molar-refractivity contribution in [3.63, 3.8) is 0 Å². The molecule has 2 heterocycles. The number of nitrogens with one attached hydrogen (secondary N) is 1. The number of ether oxygens (including phenoxy) is 1. The van der Waals surface area contributed by atoms with Crippen molar-refractivity contribution in [1.82, 2.24) is 5.32 Å². The molecule has 86 valence electrons. The Morgan fingerprint density at radius 1 is 1.38 bits per heavy atom. The summed E-state index contributed by atoms with van der Waals surface area (Å²) in [5.74, 6) is 1.06. The number of thioether (sulfide) groups is 1. The second-order valence-corrected chi connectivity index (χ2v) is 6.24. The van der Waals surface area contributed by atoms with Gasteiger partial charge in [-0.1, -0.05) is 25.1 Å². The van der Waals surface area contributed by atoms with E-state index in [1.54, 1.807) is 0 Å². The summed E-state index contributed by atoms with van der Waals surface area (Å²) in [4.78, 5) is 0. The summed E-state index contributed by atoms with van der Waals surface area (Å²) in [6.07, 6.45) is 1.25. The molecule has 0 saturated carbocycles. The molecule has 2 aliphatic rings. The lowest BCUT2D eigenvalue weighted by molar-refractivity contribution is 0.262. The van der Waals surface area contributed by atoms with Gasteiger partial charge in [0.2, 0.25) is 0 Å². The first-order valence-electron chi connectivity index (χ1n) is 5.95. The number of fused-ring (bicyclic) bond motifs is 3. The molecule has 3 unspecified atom stereocenters. The van der Waals surface area contributed by atoms with Crippen molar-refractivity contribution in [2.75, 3.05) is 13.2 Å². The lowest BCUT2D eigenvalue weighted by Gasteiger charge is -2.32. The second-order valence-electron chi connectivity index (χ2n) is 4.55. The fraction of sp³-hybridized carbons (Fsp3) is 0.538. The summed E-state index contributed by atoms with van der Waals surface area (Å²) >= 11 is 2.07. The highest BCUT2D eigenvalue weighted by atomic mass is 32.2. The van der Waals surface area contributed by atoms with E-state index in [1.807, 2.05) is 6.07 Å². The van der Waals surface area contributed by atoms with Crippen molar-refractivity contribution < 1.29 is 4.74 Å². The molecular formula is C13H17NOS. The molecule has 2 nitrogen and oxygen atoms in total. The molecule has 0 aromatic heterocycles. The summed E-state index contributed by atoms with van der Waals surface area (Å²) in [5.41, 5.74) is 1.33. The average Bonchev–Trinajstić information content (AvgIpc) is 2.50. The van der Waals surface area contributed by atoms with E-state index in [9.17, 15) is 0 Å². The van der Waals surface area contributed by atoms with Crippen LogP contribution in [0.1, 0.15) is 24.9 Å². The molecule has 1 N–H and O–H groups in total. The largest absolute Gasteiger partial charge is 0.492 e. The lowest BCUT2D eigenvalue weighted by atomic mass is 10.00. The van der Waals surface area contributed by atoms with Crippen LogP contribution in [0.25, 0.3) is 0 Å². The van der Waals surface area contributed by atoms with E-state index in [0.717, 1.165) is 24.2 Å². The SMILES string of the molecule is CC1CCNC2c3ccccc3OCC2S1. The van der Waals surface area contributed by atoms with Gasteiger partial charge in [0, 0.05) is 10.8 Å². The van der Waals surface area contributed by atoms with Gasteiger partial charge in [-0.3, -0.25) is 0 Å². The van der Waals surface area contributed by atoms with Crippen LogP contribution in [0.5, 0.6) is 5.75 Å². The Bertz CT molecular complexity index is 382. The normalized spacial score (nSPS) is 33.2. The number of para-hydroxylation sites is 1. The van der Waals surface area contributed by atoms with Gasteiger partial charge in [-0.15, -0.1) is 11.8 Å². The molecule has 1 saturated heterocycles. The van der Waals surface area contributed by atoms with Gasteiger partial charge < -0.3 is 10.1 Å².